The van der Waals surface area contributed by atoms with Gasteiger partial charge in [-0.15, -0.1) is 10.2 Å². The van der Waals surface area contributed by atoms with Crippen LogP contribution < -0.4 is 10.6 Å². The zero-order valence-corrected chi connectivity index (χ0v) is 21.3. The first-order valence-electron chi connectivity index (χ1n) is 11.5. The van der Waals surface area contributed by atoms with Crippen molar-refractivity contribution in [3.8, 4) is 28.9 Å². The molecule has 206 valence electrons. The zero-order chi connectivity index (χ0) is 28.8. The topological polar surface area (TPSA) is 182 Å². The summed E-state index contributed by atoms with van der Waals surface area (Å²) in [5, 5.41) is 20.2. The van der Waals surface area contributed by atoms with Gasteiger partial charge >= 0.3 is 12.1 Å². The van der Waals surface area contributed by atoms with E-state index in [1.807, 2.05) is 6.07 Å². The fraction of sp³-hybridized carbons (Fsp3) is 0.250. The molecule has 0 bridgehead atoms. The molecule has 12 nitrogen and oxygen atoms in total. The van der Waals surface area contributed by atoms with Crippen LogP contribution in [0.15, 0.2) is 56.3 Å². The van der Waals surface area contributed by atoms with Gasteiger partial charge in [0.15, 0.2) is 9.84 Å². The predicted molar refractivity (Wildman–Crippen MR) is 130 cm³/mol. The van der Waals surface area contributed by atoms with Crippen LogP contribution in [0.1, 0.15) is 30.2 Å². The molecular formula is C24H18F3N7O5S. The summed E-state index contributed by atoms with van der Waals surface area (Å²) in [6, 6.07) is 10.7. The SMILES string of the molecule is CC(C#N)c1nnc(-c2ccc3c(c2)N(Cc2ccc(-c4noc(C(F)(F)F)n4)cc2)C(=O)[C@@H](N)CS3(=O)=O)o1. The summed E-state index contributed by atoms with van der Waals surface area (Å²) >= 11 is 0. The van der Waals surface area contributed by atoms with Crippen molar-refractivity contribution < 1.29 is 35.3 Å². The highest BCUT2D eigenvalue weighted by atomic mass is 32.2. The Morgan fingerprint density at radius 3 is 2.52 bits per heavy atom. The molecule has 0 spiro atoms. The lowest BCUT2D eigenvalue weighted by Crippen LogP contribution is -2.45. The van der Waals surface area contributed by atoms with E-state index in [0.29, 0.717) is 11.1 Å². The van der Waals surface area contributed by atoms with Crippen LogP contribution in [0.4, 0.5) is 18.9 Å². The minimum Gasteiger partial charge on any atom is -0.419 e. The number of halogens is 3. The van der Waals surface area contributed by atoms with Gasteiger partial charge in [-0.05, 0) is 30.7 Å². The fourth-order valence-electron chi connectivity index (χ4n) is 3.98. The van der Waals surface area contributed by atoms with E-state index in [4.69, 9.17) is 15.4 Å². The largest absolute Gasteiger partial charge is 0.471 e. The number of nitrogens with zero attached hydrogens (tertiary/aromatic N) is 6. The molecule has 0 aliphatic carbocycles. The van der Waals surface area contributed by atoms with Crippen molar-refractivity contribution in [3.63, 3.8) is 0 Å². The van der Waals surface area contributed by atoms with Gasteiger partial charge in [-0.2, -0.15) is 23.4 Å². The second kappa shape index (κ2) is 9.84. The molecule has 2 atom stereocenters. The van der Waals surface area contributed by atoms with E-state index in [2.05, 4.69) is 24.9 Å². The van der Waals surface area contributed by atoms with Gasteiger partial charge in [-0.25, -0.2) is 8.42 Å². The third-order valence-corrected chi connectivity index (χ3v) is 7.85. The Morgan fingerprint density at radius 1 is 1.18 bits per heavy atom. The Kier molecular flexibility index (Phi) is 6.64. The lowest BCUT2D eigenvalue weighted by molar-refractivity contribution is -0.159. The second-order valence-electron chi connectivity index (χ2n) is 8.91. The predicted octanol–water partition coefficient (Wildman–Crippen LogP) is 3.08. The van der Waals surface area contributed by atoms with Gasteiger partial charge < -0.3 is 19.6 Å². The summed E-state index contributed by atoms with van der Waals surface area (Å²) in [4.78, 5) is 17.7. The molecule has 2 N–H and O–H groups in total. The maximum absolute atomic E-state index is 13.3. The Morgan fingerprint density at radius 2 is 1.88 bits per heavy atom. The van der Waals surface area contributed by atoms with E-state index < -0.39 is 45.5 Å². The Bertz CT molecular complexity index is 1740. The molecule has 2 aromatic heterocycles. The number of anilines is 1. The molecule has 1 unspecified atom stereocenters. The third kappa shape index (κ3) is 5.03. The van der Waals surface area contributed by atoms with Crippen LogP contribution in [0.25, 0.3) is 22.8 Å². The smallest absolute Gasteiger partial charge is 0.419 e. The zero-order valence-electron chi connectivity index (χ0n) is 20.5. The second-order valence-corrected chi connectivity index (χ2v) is 10.9. The van der Waals surface area contributed by atoms with E-state index in [1.165, 1.54) is 47.4 Å². The summed E-state index contributed by atoms with van der Waals surface area (Å²) in [5.74, 6) is -3.63. The summed E-state index contributed by atoms with van der Waals surface area (Å²) in [7, 11) is -3.97. The van der Waals surface area contributed by atoms with Gasteiger partial charge in [0, 0.05) is 11.1 Å². The average molecular weight is 574 g/mol. The highest BCUT2D eigenvalue weighted by molar-refractivity contribution is 7.91. The number of fused-ring (bicyclic) bond motifs is 1. The molecule has 2 aromatic carbocycles. The Balaban J connectivity index is 1.51. The first kappa shape index (κ1) is 27.0. The summed E-state index contributed by atoms with van der Waals surface area (Å²) < 4.78 is 74.3. The minimum absolute atomic E-state index is 0.0148. The molecule has 5 rings (SSSR count). The molecule has 1 amide bonds. The molecule has 0 saturated carbocycles. The molecule has 3 heterocycles. The maximum atomic E-state index is 13.3. The summed E-state index contributed by atoms with van der Waals surface area (Å²) in [6.07, 6.45) is -4.79. The average Bonchev–Trinajstić information content (AvgIpc) is 3.60. The highest BCUT2D eigenvalue weighted by Gasteiger charge is 2.39. The van der Waals surface area contributed by atoms with E-state index in [-0.39, 0.29) is 40.3 Å². The normalized spacial score (nSPS) is 17.6. The van der Waals surface area contributed by atoms with Gasteiger partial charge in [0.2, 0.25) is 23.5 Å². The van der Waals surface area contributed by atoms with Crippen molar-refractivity contribution in [2.75, 3.05) is 10.7 Å². The van der Waals surface area contributed by atoms with Gasteiger partial charge in [0.05, 0.1) is 35.0 Å². The number of carbonyl (C=O) groups is 1. The number of sulfone groups is 1. The summed E-state index contributed by atoms with van der Waals surface area (Å²) in [6.45, 7) is 1.45. The van der Waals surface area contributed by atoms with Crippen molar-refractivity contribution in [1.29, 1.82) is 5.26 Å². The number of hydrogen-bond donors (Lipinski definition) is 1. The first-order chi connectivity index (χ1) is 18.9. The number of alkyl halides is 3. The molecule has 0 radical (unpaired) electrons. The van der Waals surface area contributed by atoms with Gasteiger partial charge in [-0.1, -0.05) is 29.4 Å². The molecule has 0 saturated heterocycles. The van der Waals surface area contributed by atoms with Crippen molar-refractivity contribution in [2.45, 2.75) is 36.5 Å². The number of carbonyl (C=O) groups excluding carboxylic acids is 1. The highest BCUT2D eigenvalue weighted by Crippen LogP contribution is 2.36. The third-order valence-electron chi connectivity index (χ3n) is 6.04. The number of rotatable bonds is 5. The van der Waals surface area contributed by atoms with Crippen LogP contribution in [0, 0.1) is 11.3 Å². The fourth-order valence-corrected chi connectivity index (χ4v) is 5.54. The monoisotopic (exact) mass is 573 g/mol. The van der Waals surface area contributed by atoms with Crippen LogP contribution in [0.5, 0.6) is 0 Å². The molecule has 1 aliphatic heterocycles. The molecule has 4 aromatic rings. The van der Waals surface area contributed by atoms with E-state index in [1.54, 1.807) is 6.92 Å². The van der Waals surface area contributed by atoms with Crippen LogP contribution in [-0.4, -0.2) is 46.5 Å². The van der Waals surface area contributed by atoms with Crippen molar-refractivity contribution in [2.24, 2.45) is 5.73 Å². The van der Waals surface area contributed by atoms with Crippen LogP contribution in [-0.2, 0) is 27.4 Å². The number of hydrogen-bond acceptors (Lipinski definition) is 11. The number of benzene rings is 2. The van der Waals surface area contributed by atoms with Crippen molar-refractivity contribution >= 4 is 21.4 Å². The lowest BCUT2D eigenvalue weighted by atomic mass is 10.1. The van der Waals surface area contributed by atoms with E-state index in [9.17, 15) is 26.4 Å². The summed E-state index contributed by atoms with van der Waals surface area (Å²) in [5.41, 5.74) is 7.02. The van der Waals surface area contributed by atoms with Crippen LogP contribution in [0.2, 0.25) is 0 Å². The maximum Gasteiger partial charge on any atom is 0.471 e. The molecule has 1 aliphatic rings. The Hall–Kier alpha value is -4.62. The number of amides is 1. The van der Waals surface area contributed by atoms with E-state index >= 15 is 0 Å². The van der Waals surface area contributed by atoms with Crippen molar-refractivity contribution in [1.82, 2.24) is 20.3 Å². The lowest BCUT2D eigenvalue weighted by Gasteiger charge is -2.24. The Labute approximate surface area is 224 Å². The van der Waals surface area contributed by atoms with Crippen molar-refractivity contribution in [3.05, 3.63) is 59.8 Å². The van der Waals surface area contributed by atoms with Gasteiger partial charge in [-0.3, -0.25) is 4.79 Å². The first-order valence-corrected chi connectivity index (χ1v) is 13.2. The number of nitriles is 1. The number of aromatic nitrogens is 4. The van der Waals surface area contributed by atoms with E-state index in [0.717, 1.165) is 0 Å². The van der Waals surface area contributed by atoms with Gasteiger partial charge in [0.25, 0.3) is 0 Å². The standard InChI is InChI=1S/C24H18F3N7O5S/c1-12(9-28)20-31-32-21(38-20)15-6-7-18-17(8-15)34(22(35)16(29)11-40(18,36)37)10-13-2-4-14(5-3-13)19-30-23(39-33-19)24(25,26)27/h2-8,12,16H,10-11,29H2,1H3/t12?,16-/m0/s1. The van der Waals surface area contributed by atoms with Crippen LogP contribution in [0.3, 0.4) is 0 Å². The minimum atomic E-state index is -4.79. The number of nitrogens with two attached hydrogens (primary N) is 1. The quantitative estimate of drug-likeness (QED) is 0.370. The molecule has 16 heteroatoms. The van der Waals surface area contributed by atoms with Gasteiger partial charge in [0.1, 0.15) is 5.92 Å². The molecule has 0 fully saturated rings. The van der Waals surface area contributed by atoms with Crippen LogP contribution >= 0.6 is 0 Å². The molecular weight excluding hydrogens is 555 g/mol. The molecule has 40 heavy (non-hydrogen) atoms.